The lowest BCUT2D eigenvalue weighted by atomic mass is 10.1. The molecule has 0 N–H and O–H groups in total. The molecular formula is C12H13NO2. The van der Waals surface area contributed by atoms with E-state index in [-0.39, 0.29) is 18.2 Å². The van der Waals surface area contributed by atoms with E-state index in [2.05, 4.69) is 0 Å². The molecule has 1 amide bonds. The first-order valence-corrected chi connectivity index (χ1v) is 5.04. The third kappa shape index (κ3) is 1.91. The first-order valence-electron chi connectivity index (χ1n) is 5.04. The molecule has 0 saturated carbocycles. The molecule has 0 aromatic heterocycles. The zero-order chi connectivity index (χ0) is 10.8. The second-order valence-electron chi connectivity index (χ2n) is 3.87. The van der Waals surface area contributed by atoms with Crippen molar-refractivity contribution >= 4 is 11.7 Å². The molecule has 0 aliphatic carbocycles. The van der Waals surface area contributed by atoms with E-state index in [4.69, 9.17) is 0 Å². The van der Waals surface area contributed by atoms with Crippen LogP contribution in [0.2, 0.25) is 0 Å². The van der Waals surface area contributed by atoms with Crippen molar-refractivity contribution in [2.45, 2.75) is 13.5 Å². The standard InChI is InChI=1S/C12H13NO2/c1-9-11(14)8-13(12(9)15)7-10-5-3-2-4-6-10/h2-6,9H,7-8H2,1H3. The zero-order valence-corrected chi connectivity index (χ0v) is 8.64. The van der Waals surface area contributed by atoms with Gasteiger partial charge in [0.1, 0.15) is 0 Å². The van der Waals surface area contributed by atoms with Crippen molar-refractivity contribution in [3.8, 4) is 0 Å². The Bertz CT molecular complexity index is 386. The van der Waals surface area contributed by atoms with E-state index in [1.165, 1.54) is 0 Å². The number of Topliss-reactive ketones (excluding diaryl/α,β-unsaturated/α-hetero) is 1. The highest BCUT2D eigenvalue weighted by atomic mass is 16.2. The Morgan fingerprint density at radius 2 is 1.93 bits per heavy atom. The van der Waals surface area contributed by atoms with Gasteiger partial charge in [-0.2, -0.15) is 0 Å². The third-order valence-electron chi connectivity index (χ3n) is 2.73. The predicted molar refractivity (Wildman–Crippen MR) is 56.0 cm³/mol. The van der Waals surface area contributed by atoms with Crippen LogP contribution in [-0.2, 0) is 16.1 Å². The fourth-order valence-electron chi connectivity index (χ4n) is 1.75. The van der Waals surface area contributed by atoms with Crippen LogP contribution < -0.4 is 0 Å². The lowest BCUT2D eigenvalue weighted by molar-refractivity contribution is -0.132. The van der Waals surface area contributed by atoms with E-state index in [1.807, 2.05) is 30.3 Å². The lowest BCUT2D eigenvalue weighted by Gasteiger charge is -2.14. The van der Waals surface area contributed by atoms with Crippen molar-refractivity contribution in [3.63, 3.8) is 0 Å². The summed E-state index contributed by atoms with van der Waals surface area (Å²) in [5.41, 5.74) is 1.06. The van der Waals surface area contributed by atoms with Gasteiger partial charge in [-0.1, -0.05) is 30.3 Å². The van der Waals surface area contributed by atoms with Gasteiger partial charge in [-0.05, 0) is 12.5 Å². The minimum Gasteiger partial charge on any atom is -0.330 e. The molecule has 1 unspecified atom stereocenters. The summed E-state index contributed by atoms with van der Waals surface area (Å²) in [7, 11) is 0. The Morgan fingerprint density at radius 1 is 1.27 bits per heavy atom. The molecule has 78 valence electrons. The van der Waals surface area contributed by atoms with E-state index in [1.54, 1.807) is 11.8 Å². The van der Waals surface area contributed by atoms with Crippen LogP contribution in [0, 0.1) is 5.92 Å². The van der Waals surface area contributed by atoms with E-state index >= 15 is 0 Å². The number of carbonyl (C=O) groups excluding carboxylic acids is 2. The minimum absolute atomic E-state index is 0.0240. The van der Waals surface area contributed by atoms with Crippen LogP contribution in [-0.4, -0.2) is 23.1 Å². The van der Waals surface area contributed by atoms with Gasteiger partial charge in [0.25, 0.3) is 0 Å². The van der Waals surface area contributed by atoms with Gasteiger partial charge >= 0.3 is 0 Å². The molecule has 1 heterocycles. The van der Waals surface area contributed by atoms with Crippen molar-refractivity contribution in [1.29, 1.82) is 0 Å². The highest BCUT2D eigenvalue weighted by molar-refractivity contribution is 6.07. The number of carbonyl (C=O) groups is 2. The minimum atomic E-state index is -0.450. The molecule has 2 rings (SSSR count). The molecule has 3 nitrogen and oxygen atoms in total. The van der Waals surface area contributed by atoms with Gasteiger partial charge in [0.2, 0.25) is 5.91 Å². The number of ketones is 1. The molecule has 0 bridgehead atoms. The van der Waals surface area contributed by atoms with Crippen molar-refractivity contribution in [2.75, 3.05) is 6.54 Å². The fraction of sp³-hybridized carbons (Fsp3) is 0.333. The molecule has 1 aliphatic heterocycles. The topological polar surface area (TPSA) is 37.4 Å². The first kappa shape index (κ1) is 9.90. The van der Waals surface area contributed by atoms with E-state index in [0.717, 1.165) is 5.56 Å². The monoisotopic (exact) mass is 203 g/mol. The molecule has 3 heteroatoms. The number of hydrogen-bond donors (Lipinski definition) is 0. The number of benzene rings is 1. The van der Waals surface area contributed by atoms with Crippen molar-refractivity contribution in [1.82, 2.24) is 4.90 Å². The summed E-state index contributed by atoms with van der Waals surface area (Å²) < 4.78 is 0. The number of hydrogen-bond acceptors (Lipinski definition) is 2. The largest absolute Gasteiger partial charge is 0.330 e. The van der Waals surface area contributed by atoms with Crippen LogP contribution in [0.25, 0.3) is 0 Å². The highest BCUT2D eigenvalue weighted by Gasteiger charge is 2.35. The van der Waals surface area contributed by atoms with Gasteiger partial charge in [-0.25, -0.2) is 0 Å². The van der Waals surface area contributed by atoms with Crippen molar-refractivity contribution in [3.05, 3.63) is 35.9 Å². The van der Waals surface area contributed by atoms with Gasteiger partial charge < -0.3 is 4.90 Å². The number of likely N-dealkylation sites (tertiary alicyclic amines) is 1. The van der Waals surface area contributed by atoms with Crippen LogP contribution >= 0.6 is 0 Å². The fourth-order valence-corrected chi connectivity index (χ4v) is 1.75. The Balaban J connectivity index is 2.09. The molecule has 1 aromatic carbocycles. The second kappa shape index (κ2) is 3.85. The summed E-state index contributed by atoms with van der Waals surface area (Å²) in [6, 6.07) is 9.72. The van der Waals surface area contributed by atoms with Crippen LogP contribution in [0.15, 0.2) is 30.3 Å². The van der Waals surface area contributed by atoms with Crippen LogP contribution in [0.4, 0.5) is 0 Å². The number of rotatable bonds is 2. The second-order valence-corrected chi connectivity index (χ2v) is 3.87. The summed E-state index contributed by atoms with van der Waals surface area (Å²) in [6.45, 7) is 2.47. The molecule has 15 heavy (non-hydrogen) atoms. The van der Waals surface area contributed by atoms with Crippen LogP contribution in [0.1, 0.15) is 12.5 Å². The maximum atomic E-state index is 11.6. The Morgan fingerprint density at radius 3 is 2.47 bits per heavy atom. The molecule has 1 aromatic rings. The van der Waals surface area contributed by atoms with Gasteiger partial charge in [0, 0.05) is 6.54 Å². The highest BCUT2D eigenvalue weighted by Crippen LogP contribution is 2.16. The Kier molecular flexibility index (Phi) is 2.54. The molecule has 1 aliphatic rings. The molecule has 1 atom stereocenters. The Labute approximate surface area is 88.7 Å². The molecule has 0 spiro atoms. The summed E-state index contributed by atoms with van der Waals surface area (Å²) in [5.74, 6) is -0.478. The molecular weight excluding hydrogens is 190 g/mol. The first-order chi connectivity index (χ1) is 7.18. The average molecular weight is 203 g/mol. The lowest BCUT2D eigenvalue weighted by Crippen LogP contribution is -2.26. The summed E-state index contributed by atoms with van der Waals surface area (Å²) in [4.78, 5) is 24.6. The van der Waals surface area contributed by atoms with Gasteiger partial charge in [-0.3, -0.25) is 9.59 Å². The maximum absolute atomic E-state index is 11.6. The quantitative estimate of drug-likeness (QED) is 0.678. The molecule has 1 fully saturated rings. The summed E-state index contributed by atoms with van der Waals surface area (Å²) in [6.07, 6.45) is 0. The average Bonchev–Trinajstić information content (AvgIpc) is 2.48. The third-order valence-corrected chi connectivity index (χ3v) is 2.73. The van der Waals surface area contributed by atoms with E-state index < -0.39 is 5.92 Å². The number of nitrogens with zero attached hydrogens (tertiary/aromatic N) is 1. The van der Waals surface area contributed by atoms with E-state index in [0.29, 0.717) is 6.54 Å². The number of amides is 1. The predicted octanol–water partition coefficient (Wildman–Crippen LogP) is 1.23. The normalized spacial score (nSPS) is 21.1. The summed E-state index contributed by atoms with van der Waals surface area (Å²) in [5, 5.41) is 0. The van der Waals surface area contributed by atoms with Gasteiger partial charge in [-0.15, -0.1) is 0 Å². The molecule has 1 saturated heterocycles. The summed E-state index contributed by atoms with van der Waals surface area (Å²) >= 11 is 0. The maximum Gasteiger partial charge on any atom is 0.233 e. The van der Waals surface area contributed by atoms with Gasteiger partial charge in [0.15, 0.2) is 5.78 Å². The smallest absolute Gasteiger partial charge is 0.233 e. The van der Waals surface area contributed by atoms with Crippen molar-refractivity contribution < 1.29 is 9.59 Å². The van der Waals surface area contributed by atoms with Gasteiger partial charge in [0.05, 0.1) is 12.5 Å². The van der Waals surface area contributed by atoms with Crippen LogP contribution in [0.5, 0.6) is 0 Å². The van der Waals surface area contributed by atoms with E-state index in [9.17, 15) is 9.59 Å². The van der Waals surface area contributed by atoms with Crippen molar-refractivity contribution in [2.24, 2.45) is 5.92 Å². The zero-order valence-electron chi connectivity index (χ0n) is 8.64. The Hall–Kier alpha value is -1.64. The molecule has 0 radical (unpaired) electrons. The van der Waals surface area contributed by atoms with Crippen LogP contribution in [0.3, 0.4) is 0 Å². The SMILES string of the molecule is CC1C(=O)CN(Cc2ccccc2)C1=O.